The van der Waals surface area contributed by atoms with E-state index in [2.05, 4.69) is 0 Å². The van der Waals surface area contributed by atoms with E-state index in [0.717, 1.165) is 9.87 Å². The molecule has 0 unspecified atom stereocenters. The van der Waals surface area contributed by atoms with Gasteiger partial charge >= 0.3 is 6.09 Å². The molecular weight excluding hydrogens is 584 g/mol. The molecule has 3 aromatic carbocycles. The van der Waals surface area contributed by atoms with Crippen molar-refractivity contribution >= 4 is 21.9 Å². The Bertz CT molecular complexity index is 1630. The van der Waals surface area contributed by atoms with Gasteiger partial charge in [-0.15, -0.1) is 0 Å². The van der Waals surface area contributed by atoms with Crippen LogP contribution in [0.3, 0.4) is 0 Å². The van der Waals surface area contributed by atoms with Crippen molar-refractivity contribution in [2.45, 2.75) is 58.1 Å². The Balaban J connectivity index is 1.67. The third-order valence-corrected chi connectivity index (χ3v) is 9.23. The number of nitrogens with zero attached hydrogens (tertiary/aromatic N) is 1. The van der Waals surface area contributed by atoms with E-state index in [1.807, 2.05) is 44.2 Å². The Morgan fingerprint density at radius 2 is 1.66 bits per heavy atom. The number of hydrogen-bond acceptors (Lipinski definition) is 8. The number of fused-ring (bicyclic) bond motifs is 1. The second kappa shape index (κ2) is 13.3. The summed E-state index contributed by atoms with van der Waals surface area (Å²) < 4.78 is 66.3. The van der Waals surface area contributed by atoms with Gasteiger partial charge in [-0.05, 0) is 41.3 Å². The van der Waals surface area contributed by atoms with E-state index in [1.54, 1.807) is 45.0 Å². The second-order valence-electron chi connectivity index (χ2n) is 12.2. The fourth-order valence-corrected chi connectivity index (χ4v) is 6.61. The van der Waals surface area contributed by atoms with E-state index in [4.69, 9.17) is 21.8 Å². The van der Waals surface area contributed by atoms with Gasteiger partial charge in [-0.3, -0.25) is 4.79 Å². The molecule has 10 nitrogen and oxygen atoms in total. The Hall–Kier alpha value is -4.09. The van der Waals surface area contributed by atoms with Gasteiger partial charge in [-0.2, -0.15) is 4.31 Å². The number of benzene rings is 3. The first-order chi connectivity index (χ1) is 21.6. The van der Waals surface area contributed by atoms with E-state index in [0.29, 0.717) is 23.7 Å². The van der Waals surface area contributed by atoms with Crippen molar-refractivity contribution in [1.29, 1.82) is 0 Å². The number of ether oxygens (including phenoxy) is 4. The molecule has 1 amide bonds. The number of carbonyl (C=O) groups excluding carboxylic acids is 2. The Morgan fingerprint density at radius 3 is 2.30 bits per heavy atom. The van der Waals surface area contributed by atoms with Gasteiger partial charge in [0.15, 0.2) is 25.7 Å². The maximum absolute atomic E-state index is 14.5. The number of amides is 1. The van der Waals surface area contributed by atoms with Crippen molar-refractivity contribution in [3.63, 3.8) is 0 Å². The number of carbonyl (C=O) groups is 2. The molecule has 0 saturated carbocycles. The zero-order valence-electron chi connectivity index (χ0n) is 27.6. The number of primary amides is 1. The largest absolute Gasteiger partial charge is 0.489 e. The number of sulfonamides is 1. The third kappa shape index (κ3) is 7.51. The molecule has 1 aliphatic heterocycles. The summed E-state index contributed by atoms with van der Waals surface area (Å²) in [6.45, 7) is 8.39. The molecule has 44 heavy (non-hydrogen) atoms. The van der Waals surface area contributed by atoms with Crippen LogP contribution in [0.25, 0.3) is 0 Å². The van der Waals surface area contributed by atoms with Crippen LogP contribution < -0.4 is 19.9 Å². The van der Waals surface area contributed by atoms with Crippen molar-refractivity contribution in [2.24, 2.45) is 17.1 Å². The summed E-state index contributed by atoms with van der Waals surface area (Å²) >= 11 is 0. The highest BCUT2D eigenvalue weighted by Crippen LogP contribution is 2.40. The average Bonchev–Trinajstić information content (AvgIpc) is 3.48. The number of hydrogen-bond donors (Lipinski definition) is 1. The SMILES string of the molecule is [2H]N([2H])C(=O)O[C@](Cc1ccc(OCc2ccccc2)cc1)(C(=O)CN(CC(C)C)S(=O)(=O)c1ccc2c(c1)OCO2)C(C)(C)C. The topological polar surface area (TPSA) is 134 Å². The van der Waals surface area contributed by atoms with Crippen molar-refractivity contribution in [3.8, 4) is 17.2 Å². The highest BCUT2D eigenvalue weighted by atomic mass is 32.2. The van der Waals surface area contributed by atoms with Gasteiger partial charge < -0.3 is 24.7 Å². The van der Waals surface area contributed by atoms with Crippen LogP contribution in [0, 0.1) is 11.3 Å². The van der Waals surface area contributed by atoms with Gasteiger partial charge in [0.1, 0.15) is 12.4 Å². The fraction of sp³-hybridized carbons (Fsp3) is 0.394. The van der Waals surface area contributed by atoms with Crippen LogP contribution in [0.4, 0.5) is 4.79 Å². The lowest BCUT2D eigenvalue weighted by atomic mass is 9.70. The summed E-state index contributed by atoms with van der Waals surface area (Å²) in [5, 5.41) is 0. The molecule has 11 heteroatoms. The third-order valence-electron chi connectivity index (χ3n) is 7.42. The highest BCUT2D eigenvalue weighted by Gasteiger charge is 2.52. The summed E-state index contributed by atoms with van der Waals surface area (Å²) in [5.74, 6) is 0.403. The van der Waals surface area contributed by atoms with Crippen molar-refractivity contribution in [3.05, 3.63) is 83.9 Å². The first-order valence-corrected chi connectivity index (χ1v) is 15.8. The first kappa shape index (κ1) is 30.0. The van der Waals surface area contributed by atoms with E-state index in [-0.39, 0.29) is 42.0 Å². The van der Waals surface area contributed by atoms with Crippen LogP contribution in [0.2, 0.25) is 2.82 Å². The zero-order valence-corrected chi connectivity index (χ0v) is 26.4. The molecule has 0 aliphatic carbocycles. The molecule has 1 aliphatic rings. The Kier molecular flexibility index (Phi) is 9.04. The van der Waals surface area contributed by atoms with Gasteiger partial charge in [-0.25, -0.2) is 13.2 Å². The zero-order chi connectivity index (χ0) is 33.7. The molecular formula is C33H40N2O8S. The minimum Gasteiger partial charge on any atom is -0.489 e. The summed E-state index contributed by atoms with van der Waals surface area (Å²) in [7, 11) is -4.24. The molecule has 1 atom stereocenters. The second-order valence-corrected chi connectivity index (χ2v) is 14.1. The summed E-state index contributed by atoms with van der Waals surface area (Å²) in [6, 6.07) is 20.8. The molecule has 0 bridgehead atoms. The van der Waals surface area contributed by atoms with Gasteiger partial charge in [0.25, 0.3) is 0 Å². The van der Waals surface area contributed by atoms with E-state index < -0.39 is 39.5 Å². The predicted molar refractivity (Wildman–Crippen MR) is 165 cm³/mol. The smallest absolute Gasteiger partial charge is 0.405 e. The van der Waals surface area contributed by atoms with Crippen molar-refractivity contribution < 1.29 is 39.8 Å². The number of nitrogens with two attached hydrogens (primary N) is 1. The van der Waals surface area contributed by atoms with Crippen LogP contribution in [-0.2, 0) is 32.6 Å². The van der Waals surface area contributed by atoms with Gasteiger partial charge in [0.05, 0.1) is 11.4 Å². The number of ketones is 1. The van der Waals surface area contributed by atoms with Crippen LogP contribution in [0.5, 0.6) is 17.2 Å². The van der Waals surface area contributed by atoms with Crippen LogP contribution in [0.15, 0.2) is 77.7 Å². The maximum Gasteiger partial charge on any atom is 0.405 e. The number of Topliss-reactive ketones (excluding diaryl/α,β-unsaturated/α-hetero) is 1. The Morgan fingerprint density at radius 1 is 0.977 bits per heavy atom. The van der Waals surface area contributed by atoms with Gasteiger partial charge in [0.2, 0.25) is 16.8 Å². The van der Waals surface area contributed by atoms with Crippen LogP contribution in [0.1, 0.15) is 45.7 Å². The van der Waals surface area contributed by atoms with Crippen LogP contribution in [-0.4, -0.2) is 50.1 Å². The predicted octanol–water partition coefficient (Wildman–Crippen LogP) is 5.33. The quantitative estimate of drug-likeness (QED) is 0.269. The normalized spacial score (nSPS) is 14.9. The lowest BCUT2D eigenvalue weighted by Crippen LogP contribution is -2.59. The van der Waals surface area contributed by atoms with E-state index >= 15 is 0 Å². The Labute approximate surface area is 262 Å². The molecule has 0 radical (unpaired) electrons. The summed E-state index contributed by atoms with van der Waals surface area (Å²) in [6.07, 6.45) is -1.52. The minimum atomic E-state index is -4.24. The fourth-order valence-electron chi connectivity index (χ4n) is 5.04. The molecule has 0 spiro atoms. The molecule has 236 valence electrons. The van der Waals surface area contributed by atoms with Gasteiger partial charge in [0, 0.05) is 24.4 Å². The summed E-state index contributed by atoms with van der Waals surface area (Å²) in [4.78, 5) is 27.1. The van der Waals surface area contributed by atoms with E-state index in [9.17, 15) is 18.0 Å². The molecule has 0 saturated heterocycles. The van der Waals surface area contributed by atoms with Gasteiger partial charge in [-0.1, -0.05) is 77.1 Å². The summed E-state index contributed by atoms with van der Waals surface area (Å²) in [5.41, 5.74) is -1.71. The van der Waals surface area contributed by atoms with Crippen LogP contribution >= 0.6 is 0 Å². The molecule has 0 aromatic heterocycles. The molecule has 0 fully saturated rings. The maximum atomic E-state index is 14.5. The van der Waals surface area contributed by atoms with Crippen molar-refractivity contribution in [1.82, 2.24) is 4.31 Å². The average molecular weight is 627 g/mol. The molecule has 4 rings (SSSR count). The highest BCUT2D eigenvalue weighted by molar-refractivity contribution is 7.89. The first-order valence-electron chi connectivity index (χ1n) is 15.2. The standard InChI is InChI=1S/C33H40N2O8S/c1-23(2)19-35(44(38,39)27-15-16-28-29(17-27)42-22-41-28)20-30(36)33(32(3,4)5,43-31(34)37)18-24-11-13-26(14-12-24)40-21-25-9-7-6-8-10-25/h6-17,23H,18-22H2,1-5H3,(H2,34,37)/t33-/m1/s1/i/hD2. The minimum absolute atomic E-state index is 0.00680. The monoisotopic (exact) mass is 626 g/mol. The molecule has 1 heterocycles. The van der Waals surface area contributed by atoms with Crippen molar-refractivity contribution in [2.75, 3.05) is 19.9 Å². The number of rotatable bonds is 13. The molecule has 2 N–H and O–H groups in total. The lowest BCUT2D eigenvalue weighted by Gasteiger charge is -2.43. The molecule has 3 aromatic rings. The van der Waals surface area contributed by atoms with E-state index in [1.165, 1.54) is 18.2 Å². The lowest BCUT2D eigenvalue weighted by molar-refractivity contribution is -0.150.